The van der Waals surface area contributed by atoms with Gasteiger partial charge in [0.2, 0.25) is 0 Å². The van der Waals surface area contributed by atoms with Gasteiger partial charge in [-0.25, -0.2) is 4.79 Å². The van der Waals surface area contributed by atoms with E-state index >= 15 is 0 Å². The van der Waals surface area contributed by atoms with E-state index in [9.17, 15) is 14.4 Å². The molecule has 0 saturated carbocycles. The van der Waals surface area contributed by atoms with Gasteiger partial charge in [0.15, 0.2) is 5.60 Å². The van der Waals surface area contributed by atoms with Gasteiger partial charge >= 0.3 is 11.9 Å². The maximum Gasteiger partial charge on any atom is 0.398 e. The van der Waals surface area contributed by atoms with E-state index in [1.54, 1.807) is 6.92 Å². The first-order valence-electron chi connectivity index (χ1n) is 3.58. The first-order valence-corrected chi connectivity index (χ1v) is 3.58. The molecule has 0 aromatic heterocycles. The molecule has 0 aromatic rings. The van der Waals surface area contributed by atoms with Crippen LogP contribution in [0, 0.1) is 0 Å². The lowest BCUT2D eigenvalue weighted by molar-refractivity contribution is -0.179. The molecule has 1 fully saturated rings. The summed E-state index contributed by atoms with van der Waals surface area (Å²) in [6, 6.07) is 0. The van der Waals surface area contributed by atoms with Crippen LogP contribution in [-0.2, 0) is 19.1 Å². The van der Waals surface area contributed by atoms with Crippen LogP contribution in [0.5, 0.6) is 0 Å². The number of carbonyl (C=O) groups excluding carboxylic acids is 3. The van der Waals surface area contributed by atoms with Crippen LogP contribution in [0.2, 0.25) is 0 Å². The van der Waals surface area contributed by atoms with Gasteiger partial charge in [0.25, 0.3) is 5.91 Å². The van der Waals surface area contributed by atoms with Gasteiger partial charge < -0.3 is 4.74 Å². The van der Waals surface area contributed by atoms with Crippen molar-refractivity contribution in [2.75, 3.05) is 0 Å². The normalized spacial score (nSPS) is 29.7. The van der Waals surface area contributed by atoms with Gasteiger partial charge in [0, 0.05) is 0 Å². The van der Waals surface area contributed by atoms with E-state index in [2.05, 4.69) is 4.74 Å². The van der Waals surface area contributed by atoms with E-state index in [1.807, 2.05) is 5.32 Å². The van der Waals surface area contributed by atoms with Crippen molar-refractivity contribution in [2.24, 2.45) is 0 Å². The third kappa shape index (κ3) is 1.17. The zero-order valence-corrected chi connectivity index (χ0v) is 6.84. The molecule has 0 bridgehead atoms. The van der Waals surface area contributed by atoms with Crippen LogP contribution < -0.4 is 5.32 Å². The summed E-state index contributed by atoms with van der Waals surface area (Å²) in [6.45, 7) is 3.16. The third-order valence-corrected chi connectivity index (χ3v) is 1.89. The van der Waals surface area contributed by atoms with Crippen LogP contribution in [0.4, 0.5) is 0 Å². The minimum absolute atomic E-state index is 0.345. The lowest BCUT2D eigenvalue weighted by Crippen LogP contribution is -2.57. The Bertz CT molecular complexity index is 260. The monoisotopic (exact) mass is 171 g/mol. The SMILES string of the molecule is CCC1(C)OC(=O)C(=O)NC1=O. The fourth-order valence-electron chi connectivity index (χ4n) is 0.816. The van der Waals surface area contributed by atoms with Crippen LogP contribution >= 0.6 is 0 Å². The van der Waals surface area contributed by atoms with Gasteiger partial charge in [0.05, 0.1) is 0 Å². The van der Waals surface area contributed by atoms with Crippen molar-refractivity contribution in [1.29, 1.82) is 0 Å². The van der Waals surface area contributed by atoms with E-state index in [-0.39, 0.29) is 0 Å². The second kappa shape index (κ2) is 2.58. The van der Waals surface area contributed by atoms with Crippen molar-refractivity contribution < 1.29 is 19.1 Å². The summed E-state index contributed by atoms with van der Waals surface area (Å²) in [5.74, 6) is -2.56. The number of ether oxygens (including phenoxy) is 1. The van der Waals surface area contributed by atoms with Gasteiger partial charge in [-0.2, -0.15) is 0 Å². The summed E-state index contributed by atoms with van der Waals surface area (Å²) in [5, 5.41) is 1.92. The lowest BCUT2D eigenvalue weighted by Gasteiger charge is -2.29. The first-order chi connectivity index (χ1) is 5.49. The Morgan fingerprint density at radius 3 is 2.50 bits per heavy atom. The summed E-state index contributed by atoms with van der Waals surface area (Å²) in [4.78, 5) is 32.4. The number of nitrogens with one attached hydrogen (secondary N) is 1. The molecule has 1 saturated heterocycles. The van der Waals surface area contributed by atoms with Crippen LogP contribution in [0.15, 0.2) is 0 Å². The largest absolute Gasteiger partial charge is 0.442 e. The molecule has 1 atom stereocenters. The predicted octanol–water partition coefficient (Wildman–Crippen LogP) is -0.645. The fraction of sp³-hybridized carbons (Fsp3) is 0.571. The van der Waals surface area contributed by atoms with E-state index in [0.717, 1.165) is 0 Å². The number of hydrogen-bond acceptors (Lipinski definition) is 4. The van der Waals surface area contributed by atoms with Crippen molar-refractivity contribution >= 4 is 17.8 Å². The van der Waals surface area contributed by atoms with Crippen molar-refractivity contribution in [3.63, 3.8) is 0 Å². The van der Waals surface area contributed by atoms with Gasteiger partial charge in [-0.15, -0.1) is 0 Å². The third-order valence-electron chi connectivity index (χ3n) is 1.89. The first kappa shape index (κ1) is 8.70. The average molecular weight is 171 g/mol. The molecule has 2 amide bonds. The van der Waals surface area contributed by atoms with E-state index in [4.69, 9.17) is 0 Å². The highest BCUT2D eigenvalue weighted by Gasteiger charge is 2.43. The van der Waals surface area contributed by atoms with Gasteiger partial charge in [0.1, 0.15) is 0 Å². The van der Waals surface area contributed by atoms with E-state index in [1.165, 1.54) is 6.92 Å². The van der Waals surface area contributed by atoms with Gasteiger partial charge in [-0.05, 0) is 13.3 Å². The molecule has 66 valence electrons. The second-order valence-corrected chi connectivity index (χ2v) is 2.76. The topological polar surface area (TPSA) is 72.5 Å². The quantitative estimate of drug-likeness (QED) is 0.323. The summed E-state index contributed by atoms with van der Waals surface area (Å²) in [7, 11) is 0. The Morgan fingerprint density at radius 2 is 2.00 bits per heavy atom. The van der Waals surface area contributed by atoms with E-state index in [0.29, 0.717) is 6.42 Å². The number of hydrogen-bond donors (Lipinski definition) is 1. The molecule has 1 N–H and O–H groups in total. The molecule has 0 aliphatic carbocycles. The molecule has 1 aliphatic heterocycles. The molecule has 0 spiro atoms. The zero-order chi connectivity index (χ0) is 9.35. The highest BCUT2D eigenvalue weighted by molar-refractivity contribution is 6.37. The molecule has 1 unspecified atom stereocenters. The van der Waals surface area contributed by atoms with Crippen LogP contribution in [-0.4, -0.2) is 23.4 Å². The zero-order valence-electron chi connectivity index (χ0n) is 6.84. The standard InChI is InChI=1S/C7H9NO4/c1-3-7(2)6(11)8-4(9)5(10)12-7/h3H2,1-2H3,(H,8,9,11). The van der Waals surface area contributed by atoms with Crippen molar-refractivity contribution in [3.8, 4) is 0 Å². The molecule has 12 heavy (non-hydrogen) atoms. The van der Waals surface area contributed by atoms with Crippen LogP contribution in [0.25, 0.3) is 0 Å². The highest BCUT2D eigenvalue weighted by Crippen LogP contribution is 2.18. The average Bonchev–Trinajstić information content (AvgIpc) is 2.01. The molecule has 1 aliphatic rings. The number of amides is 2. The van der Waals surface area contributed by atoms with Crippen LogP contribution in [0.3, 0.4) is 0 Å². The van der Waals surface area contributed by atoms with E-state index < -0.39 is 23.4 Å². The molecular formula is C7H9NO4. The predicted molar refractivity (Wildman–Crippen MR) is 37.9 cm³/mol. The van der Waals surface area contributed by atoms with Crippen molar-refractivity contribution in [1.82, 2.24) is 5.32 Å². The van der Waals surface area contributed by atoms with Crippen LogP contribution in [0.1, 0.15) is 20.3 Å². The summed E-state index contributed by atoms with van der Waals surface area (Å²) in [6.07, 6.45) is 0.345. The number of carbonyl (C=O) groups is 3. The van der Waals surface area contributed by atoms with Crippen molar-refractivity contribution in [2.45, 2.75) is 25.9 Å². The maximum atomic E-state index is 11.1. The molecule has 0 radical (unpaired) electrons. The second-order valence-electron chi connectivity index (χ2n) is 2.76. The van der Waals surface area contributed by atoms with Crippen molar-refractivity contribution in [3.05, 3.63) is 0 Å². The molecular weight excluding hydrogens is 162 g/mol. The molecule has 0 aromatic carbocycles. The Morgan fingerprint density at radius 1 is 1.42 bits per heavy atom. The molecule has 1 rings (SSSR count). The highest BCUT2D eigenvalue weighted by atomic mass is 16.6. The summed E-state index contributed by atoms with van der Waals surface area (Å²) in [5.41, 5.74) is -1.19. The smallest absolute Gasteiger partial charge is 0.398 e. The Balaban J connectivity index is 2.88. The Kier molecular flexibility index (Phi) is 1.87. The molecule has 5 nitrogen and oxygen atoms in total. The molecule has 1 heterocycles. The number of cyclic esters (lactones) is 1. The Hall–Kier alpha value is -1.39. The number of rotatable bonds is 1. The summed E-state index contributed by atoms with van der Waals surface area (Å²) < 4.78 is 4.65. The van der Waals surface area contributed by atoms with Gasteiger partial charge in [-0.3, -0.25) is 14.9 Å². The number of imide groups is 1. The Labute approximate surface area is 69.1 Å². The summed E-state index contributed by atoms with van der Waals surface area (Å²) >= 11 is 0. The number of morpholine rings is 1. The van der Waals surface area contributed by atoms with Gasteiger partial charge in [-0.1, -0.05) is 6.92 Å². The molecule has 5 heteroatoms. The number of esters is 1. The lowest BCUT2D eigenvalue weighted by atomic mass is 10.0. The minimum Gasteiger partial charge on any atom is -0.442 e. The maximum absolute atomic E-state index is 11.1. The fourth-order valence-corrected chi connectivity index (χ4v) is 0.816. The minimum atomic E-state index is -1.19.